The van der Waals surface area contributed by atoms with E-state index in [-0.39, 0.29) is 13.2 Å². The Bertz CT molecular complexity index is 1290. The number of hydrogen-bond acceptors (Lipinski definition) is 6. The highest BCUT2D eigenvalue weighted by molar-refractivity contribution is 7.92. The molecule has 0 aromatic heterocycles. The summed E-state index contributed by atoms with van der Waals surface area (Å²) in [6, 6.07) is 18.2. The summed E-state index contributed by atoms with van der Waals surface area (Å²) in [7, 11) is -3.61. The van der Waals surface area contributed by atoms with Crippen LogP contribution >= 0.6 is 0 Å². The number of ether oxygens (including phenoxy) is 2. The monoisotopic (exact) mass is 528 g/mol. The first-order chi connectivity index (χ1) is 17.7. The van der Waals surface area contributed by atoms with E-state index in [9.17, 15) is 22.4 Å². The number of esters is 1. The molecular weight excluding hydrogens is 499 g/mol. The van der Waals surface area contributed by atoms with Gasteiger partial charge in [-0.25, -0.2) is 17.6 Å². The summed E-state index contributed by atoms with van der Waals surface area (Å²) in [5.74, 6) is -0.847. The quantitative estimate of drug-likeness (QED) is 0.269. The van der Waals surface area contributed by atoms with E-state index in [0.717, 1.165) is 19.1 Å². The lowest BCUT2D eigenvalue weighted by Gasteiger charge is -2.22. The van der Waals surface area contributed by atoms with E-state index in [4.69, 9.17) is 9.47 Å². The first kappa shape index (κ1) is 27.7. The van der Waals surface area contributed by atoms with Crippen molar-refractivity contribution in [2.75, 3.05) is 29.1 Å². The fourth-order valence-corrected chi connectivity index (χ4v) is 4.18. The Morgan fingerprint density at radius 1 is 0.946 bits per heavy atom. The van der Waals surface area contributed by atoms with Crippen LogP contribution in [0.1, 0.15) is 35.7 Å². The van der Waals surface area contributed by atoms with Crippen molar-refractivity contribution < 1.29 is 31.9 Å². The minimum Gasteiger partial charge on any atom is -0.484 e. The van der Waals surface area contributed by atoms with Crippen LogP contribution in [-0.4, -0.2) is 39.8 Å². The summed E-state index contributed by atoms with van der Waals surface area (Å²) in [6.07, 6.45) is 2.82. The standard InChI is InChI=1S/C27H29FN2O6S/c1-3-4-17-35-27(32)21-7-11-23(12-8-21)29-26(31)19-36-25-15-13-24(14-16-25)30(37(2,33)34)18-20-5-9-22(28)10-6-20/h5-16H,3-4,17-19H2,1-2H3,(H,29,31). The SMILES string of the molecule is CCCCOC(=O)c1ccc(NC(=O)COc2ccc(N(Cc3ccc(F)cc3)S(C)(=O)=O)cc2)cc1. The number of nitrogens with one attached hydrogen (secondary N) is 1. The Kier molecular flexibility index (Phi) is 9.62. The van der Waals surface area contributed by atoms with Gasteiger partial charge in [0.15, 0.2) is 6.61 Å². The van der Waals surface area contributed by atoms with Crippen LogP contribution < -0.4 is 14.4 Å². The number of benzene rings is 3. The molecule has 0 radical (unpaired) electrons. The van der Waals surface area contributed by atoms with Gasteiger partial charge < -0.3 is 14.8 Å². The molecule has 0 saturated carbocycles. The van der Waals surface area contributed by atoms with Gasteiger partial charge in [0.25, 0.3) is 5.91 Å². The number of carbonyl (C=O) groups is 2. The maximum atomic E-state index is 13.2. The summed E-state index contributed by atoms with van der Waals surface area (Å²) in [4.78, 5) is 24.2. The molecule has 0 fully saturated rings. The predicted octanol–water partition coefficient (Wildman–Crippen LogP) is 4.77. The lowest BCUT2D eigenvalue weighted by Crippen LogP contribution is -2.29. The highest BCUT2D eigenvalue weighted by atomic mass is 32.2. The lowest BCUT2D eigenvalue weighted by molar-refractivity contribution is -0.118. The van der Waals surface area contributed by atoms with Gasteiger partial charge in [0.2, 0.25) is 10.0 Å². The van der Waals surface area contributed by atoms with Crippen LogP contribution in [0.4, 0.5) is 15.8 Å². The van der Waals surface area contributed by atoms with Crippen molar-refractivity contribution in [1.29, 1.82) is 0 Å². The smallest absolute Gasteiger partial charge is 0.338 e. The number of hydrogen-bond donors (Lipinski definition) is 1. The molecule has 0 aliphatic heterocycles. The second-order valence-electron chi connectivity index (χ2n) is 8.29. The van der Waals surface area contributed by atoms with E-state index < -0.39 is 27.7 Å². The maximum absolute atomic E-state index is 13.2. The van der Waals surface area contributed by atoms with Crippen molar-refractivity contribution in [3.8, 4) is 5.75 Å². The van der Waals surface area contributed by atoms with E-state index in [1.54, 1.807) is 48.5 Å². The first-order valence-corrected chi connectivity index (χ1v) is 13.5. The highest BCUT2D eigenvalue weighted by Crippen LogP contribution is 2.24. The molecule has 37 heavy (non-hydrogen) atoms. The molecule has 1 amide bonds. The number of anilines is 2. The Morgan fingerprint density at radius 3 is 2.19 bits per heavy atom. The zero-order chi connectivity index (χ0) is 26.8. The summed E-state index contributed by atoms with van der Waals surface area (Å²) >= 11 is 0. The van der Waals surface area contributed by atoms with E-state index in [0.29, 0.717) is 34.9 Å². The maximum Gasteiger partial charge on any atom is 0.338 e. The van der Waals surface area contributed by atoms with Crippen molar-refractivity contribution in [3.63, 3.8) is 0 Å². The van der Waals surface area contributed by atoms with Gasteiger partial charge in [0.05, 0.1) is 30.7 Å². The normalized spacial score (nSPS) is 11.0. The molecule has 196 valence electrons. The summed E-state index contributed by atoms with van der Waals surface area (Å²) in [5, 5.41) is 2.68. The molecule has 3 rings (SSSR count). The highest BCUT2D eigenvalue weighted by Gasteiger charge is 2.18. The molecular formula is C27H29FN2O6S. The average molecular weight is 529 g/mol. The van der Waals surface area contributed by atoms with Crippen LogP contribution in [0.15, 0.2) is 72.8 Å². The molecule has 0 unspecified atom stereocenters. The Balaban J connectivity index is 1.54. The van der Waals surface area contributed by atoms with Crippen molar-refractivity contribution in [2.45, 2.75) is 26.3 Å². The molecule has 0 aliphatic carbocycles. The Hall–Kier alpha value is -3.92. The second kappa shape index (κ2) is 12.9. The largest absolute Gasteiger partial charge is 0.484 e. The zero-order valence-electron chi connectivity index (χ0n) is 20.6. The van der Waals surface area contributed by atoms with Crippen molar-refractivity contribution in [3.05, 3.63) is 89.7 Å². The minimum absolute atomic E-state index is 0.0387. The molecule has 1 N–H and O–H groups in total. The second-order valence-corrected chi connectivity index (χ2v) is 10.2. The molecule has 0 atom stereocenters. The third kappa shape index (κ3) is 8.60. The van der Waals surface area contributed by atoms with Gasteiger partial charge in [-0.1, -0.05) is 25.5 Å². The van der Waals surface area contributed by atoms with E-state index in [1.165, 1.54) is 28.6 Å². The van der Waals surface area contributed by atoms with Gasteiger partial charge in [-0.2, -0.15) is 0 Å². The number of rotatable bonds is 12. The molecule has 0 heterocycles. The van der Waals surface area contributed by atoms with Crippen LogP contribution in [0.5, 0.6) is 5.75 Å². The molecule has 3 aromatic carbocycles. The number of carbonyl (C=O) groups excluding carboxylic acids is 2. The topological polar surface area (TPSA) is 102 Å². The fraction of sp³-hybridized carbons (Fsp3) is 0.259. The van der Waals surface area contributed by atoms with Crippen LogP contribution in [0.25, 0.3) is 0 Å². The van der Waals surface area contributed by atoms with E-state index in [1.807, 2.05) is 6.92 Å². The average Bonchev–Trinajstić information content (AvgIpc) is 2.87. The van der Waals surface area contributed by atoms with Gasteiger partial charge in [-0.15, -0.1) is 0 Å². The van der Waals surface area contributed by atoms with Gasteiger partial charge in [-0.3, -0.25) is 9.10 Å². The van der Waals surface area contributed by atoms with E-state index in [2.05, 4.69) is 5.32 Å². The van der Waals surface area contributed by atoms with Gasteiger partial charge in [0.1, 0.15) is 11.6 Å². The van der Waals surface area contributed by atoms with Crippen LogP contribution in [0, 0.1) is 5.82 Å². The number of nitrogens with zero attached hydrogens (tertiary/aromatic N) is 1. The lowest BCUT2D eigenvalue weighted by atomic mass is 10.2. The zero-order valence-corrected chi connectivity index (χ0v) is 21.5. The number of sulfonamides is 1. The molecule has 0 bridgehead atoms. The Labute approximate surface area is 216 Å². The third-order valence-electron chi connectivity index (χ3n) is 5.27. The van der Waals surface area contributed by atoms with Crippen LogP contribution in [0.3, 0.4) is 0 Å². The first-order valence-electron chi connectivity index (χ1n) is 11.7. The van der Waals surface area contributed by atoms with Crippen molar-refractivity contribution in [2.24, 2.45) is 0 Å². The number of unbranched alkanes of at least 4 members (excludes halogenated alkanes) is 1. The van der Waals surface area contributed by atoms with Gasteiger partial charge in [-0.05, 0) is 72.6 Å². The van der Waals surface area contributed by atoms with Crippen LogP contribution in [0.2, 0.25) is 0 Å². The molecule has 0 saturated heterocycles. The summed E-state index contributed by atoms with van der Waals surface area (Å²) < 4.78 is 49.7. The molecule has 10 heteroatoms. The summed E-state index contributed by atoms with van der Waals surface area (Å²) in [6.45, 7) is 2.14. The number of amides is 1. The summed E-state index contributed by atoms with van der Waals surface area (Å²) in [5.41, 5.74) is 1.92. The van der Waals surface area contributed by atoms with Crippen LogP contribution in [-0.2, 0) is 26.1 Å². The molecule has 8 nitrogen and oxygen atoms in total. The minimum atomic E-state index is -3.61. The number of halogens is 1. The van der Waals surface area contributed by atoms with E-state index >= 15 is 0 Å². The van der Waals surface area contributed by atoms with Crippen molar-refractivity contribution >= 4 is 33.3 Å². The van der Waals surface area contributed by atoms with Gasteiger partial charge >= 0.3 is 5.97 Å². The predicted molar refractivity (Wildman–Crippen MR) is 140 cm³/mol. The molecule has 0 aliphatic rings. The fourth-order valence-electron chi connectivity index (χ4n) is 3.29. The third-order valence-corrected chi connectivity index (χ3v) is 6.41. The molecule has 0 spiro atoms. The van der Waals surface area contributed by atoms with Gasteiger partial charge in [0, 0.05) is 5.69 Å². The van der Waals surface area contributed by atoms with Crippen molar-refractivity contribution in [1.82, 2.24) is 0 Å². The molecule has 3 aromatic rings. The Morgan fingerprint density at radius 2 is 1.59 bits per heavy atom.